The lowest BCUT2D eigenvalue weighted by molar-refractivity contribution is 0.178. The summed E-state index contributed by atoms with van der Waals surface area (Å²) in [7, 11) is 0. The van der Waals surface area contributed by atoms with Crippen molar-refractivity contribution >= 4 is 22.8 Å². The van der Waals surface area contributed by atoms with Crippen LogP contribution in [0, 0.1) is 0 Å². The first-order valence-electron chi connectivity index (χ1n) is 9.85. The number of H-pyrrole nitrogens is 1. The van der Waals surface area contributed by atoms with Gasteiger partial charge in [0, 0.05) is 0 Å². The van der Waals surface area contributed by atoms with E-state index in [1.165, 1.54) is 0 Å². The van der Waals surface area contributed by atoms with Crippen molar-refractivity contribution in [3.63, 3.8) is 0 Å². The number of aromatic nitrogens is 2. The van der Waals surface area contributed by atoms with Gasteiger partial charge < -0.3 is 14.5 Å². The Morgan fingerprint density at radius 1 is 1.25 bits per heavy atom. The number of cyclic esters (lactones) is 1. The zero-order chi connectivity index (χ0) is 19.5. The molecule has 1 aliphatic rings. The van der Waals surface area contributed by atoms with Crippen LogP contribution in [0.4, 0.5) is 10.5 Å². The van der Waals surface area contributed by atoms with E-state index in [1.54, 1.807) is 11.2 Å². The van der Waals surface area contributed by atoms with Crippen LogP contribution in [0.3, 0.4) is 0 Å². The monoisotopic (exact) mass is 379 g/mol. The van der Waals surface area contributed by atoms with Crippen LogP contribution in [0.5, 0.6) is 5.75 Å². The van der Waals surface area contributed by atoms with Crippen molar-refractivity contribution in [2.75, 3.05) is 11.5 Å². The molecule has 6 heteroatoms. The fourth-order valence-corrected chi connectivity index (χ4v) is 3.65. The molecule has 1 amide bonds. The zero-order valence-corrected chi connectivity index (χ0v) is 16.2. The molecule has 146 valence electrons. The lowest BCUT2D eigenvalue weighted by Crippen LogP contribution is -2.27. The first-order chi connectivity index (χ1) is 13.7. The van der Waals surface area contributed by atoms with Crippen molar-refractivity contribution < 1.29 is 14.3 Å². The van der Waals surface area contributed by atoms with Crippen LogP contribution in [-0.4, -0.2) is 28.8 Å². The second kappa shape index (κ2) is 7.92. The Hall–Kier alpha value is -3.02. The molecule has 0 aliphatic carbocycles. The zero-order valence-electron chi connectivity index (χ0n) is 16.2. The van der Waals surface area contributed by atoms with Crippen molar-refractivity contribution in [3.8, 4) is 5.75 Å². The number of hydrogen-bond acceptors (Lipinski definition) is 4. The Labute approximate surface area is 164 Å². The van der Waals surface area contributed by atoms with Gasteiger partial charge in [-0.2, -0.15) is 0 Å². The van der Waals surface area contributed by atoms with Crippen LogP contribution in [-0.2, 0) is 4.74 Å². The number of benzene rings is 2. The van der Waals surface area contributed by atoms with Gasteiger partial charge in [0.1, 0.15) is 12.4 Å². The van der Waals surface area contributed by atoms with Crippen molar-refractivity contribution in [2.45, 2.75) is 45.3 Å². The number of ether oxygens (including phenoxy) is 2. The minimum atomic E-state index is -0.335. The van der Waals surface area contributed by atoms with E-state index < -0.39 is 0 Å². The van der Waals surface area contributed by atoms with E-state index in [2.05, 4.69) is 23.8 Å². The second-order valence-electron chi connectivity index (χ2n) is 7.07. The number of carbonyl (C=O) groups excluding carboxylic acids is 1. The highest BCUT2D eigenvalue weighted by Crippen LogP contribution is 2.34. The Balaban J connectivity index is 1.56. The molecule has 4 rings (SSSR count). The summed E-state index contributed by atoms with van der Waals surface area (Å²) in [5.41, 5.74) is 3.57. The first-order valence-corrected chi connectivity index (χ1v) is 9.85. The van der Waals surface area contributed by atoms with Crippen molar-refractivity contribution in [2.24, 2.45) is 0 Å². The Morgan fingerprint density at radius 3 is 2.82 bits per heavy atom. The third kappa shape index (κ3) is 3.54. The number of anilines is 1. The summed E-state index contributed by atoms with van der Waals surface area (Å²) < 4.78 is 11.4. The number of aromatic amines is 1. The fraction of sp³-hybridized carbons (Fsp3) is 0.364. The number of imidazole rings is 1. The smallest absolute Gasteiger partial charge is 0.415 e. The number of hydrogen-bond donors (Lipinski definition) is 1. The normalized spacial score (nSPS) is 17.7. The van der Waals surface area contributed by atoms with Crippen LogP contribution in [0.25, 0.3) is 11.0 Å². The summed E-state index contributed by atoms with van der Waals surface area (Å²) in [6.45, 7) is 4.64. The second-order valence-corrected chi connectivity index (χ2v) is 7.07. The van der Waals surface area contributed by atoms with Gasteiger partial charge >= 0.3 is 6.09 Å². The maximum Gasteiger partial charge on any atom is 0.415 e. The largest absolute Gasteiger partial charge is 0.490 e. The molecule has 6 nitrogen and oxygen atoms in total. The first kappa shape index (κ1) is 18.3. The van der Waals surface area contributed by atoms with Gasteiger partial charge in [-0.1, -0.05) is 32.4 Å². The molecule has 0 spiro atoms. The third-order valence-corrected chi connectivity index (χ3v) is 5.19. The van der Waals surface area contributed by atoms with Crippen LogP contribution in [0.15, 0.2) is 48.8 Å². The fourth-order valence-electron chi connectivity index (χ4n) is 3.65. The maximum atomic E-state index is 12.4. The molecule has 1 aromatic heterocycles. The van der Waals surface area contributed by atoms with Gasteiger partial charge in [-0.25, -0.2) is 9.78 Å². The summed E-state index contributed by atoms with van der Waals surface area (Å²) in [5, 5.41) is 0. The van der Waals surface area contributed by atoms with E-state index in [9.17, 15) is 4.79 Å². The predicted molar refractivity (Wildman–Crippen MR) is 109 cm³/mol. The molecule has 2 unspecified atom stereocenters. The molecule has 2 atom stereocenters. The summed E-state index contributed by atoms with van der Waals surface area (Å²) in [6, 6.07) is 13.6. The van der Waals surface area contributed by atoms with Crippen LogP contribution < -0.4 is 9.64 Å². The van der Waals surface area contributed by atoms with Gasteiger partial charge in [0.15, 0.2) is 0 Å². The Kier molecular flexibility index (Phi) is 5.19. The third-order valence-electron chi connectivity index (χ3n) is 5.19. The molecule has 1 saturated heterocycles. The standard InChI is InChI=1S/C22H25N3O3/c1-3-5-17(4-2)28-18-9-6-15(7-10-18)21-13-27-22(26)25(21)16-8-11-19-20(12-16)24-14-23-19/h6-12,14,17,21H,3-5,13H2,1-2H3,(H,23,24). The summed E-state index contributed by atoms with van der Waals surface area (Å²) in [6.07, 6.45) is 4.70. The average molecular weight is 379 g/mol. The molecule has 2 heterocycles. The molecule has 0 saturated carbocycles. The summed E-state index contributed by atoms with van der Waals surface area (Å²) in [4.78, 5) is 21.4. The highest BCUT2D eigenvalue weighted by molar-refractivity contribution is 5.93. The van der Waals surface area contributed by atoms with Crippen LogP contribution in [0.1, 0.15) is 44.7 Å². The molecule has 2 aromatic carbocycles. The molecular weight excluding hydrogens is 354 g/mol. The Bertz CT molecular complexity index is 951. The van der Waals surface area contributed by atoms with Crippen LogP contribution >= 0.6 is 0 Å². The number of carbonyl (C=O) groups is 1. The van der Waals surface area contributed by atoms with Gasteiger partial charge in [0.25, 0.3) is 0 Å². The average Bonchev–Trinajstić information content (AvgIpc) is 3.34. The molecule has 1 aliphatic heterocycles. The van der Waals surface area contributed by atoms with Crippen molar-refractivity contribution in [1.29, 1.82) is 0 Å². The van der Waals surface area contributed by atoms with Crippen molar-refractivity contribution in [1.82, 2.24) is 9.97 Å². The van der Waals surface area contributed by atoms with E-state index >= 15 is 0 Å². The molecule has 28 heavy (non-hydrogen) atoms. The van der Waals surface area contributed by atoms with E-state index in [-0.39, 0.29) is 18.2 Å². The van der Waals surface area contributed by atoms with Crippen molar-refractivity contribution in [3.05, 3.63) is 54.4 Å². The van der Waals surface area contributed by atoms with Gasteiger partial charge in [-0.3, -0.25) is 4.90 Å². The lowest BCUT2D eigenvalue weighted by Gasteiger charge is -2.22. The number of nitrogens with one attached hydrogen (secondary N) is 1. The summed E-state index contributed by atoms with van der Waals surface area (Å²) >= 11 is 0. The van der Waals surface area contributed by atoms with Gasteiger partial charge in [0.2, 0.25) is 0 Å². The highest BCUT2D eigenvalue weighted by Gasteiger charge is 2.35. The van der Waals surface area contributed by atoms with Gasteiger partial charge in [-0.15, -0.1) is 0 Å². The SMILES string of the molecule is CCCC(CC)Oc1ccc(C2COC(=O)N2c2ccc3nc[nH]c3c2)cc1. The quantitative estimate of drug-likeness (QED) is 0.611. The van der Waals surface area contributed by atoms with Gasteiger partial charge in [-0.05, 0) is 48.7 Å². The predicted octanol–water partition coefficient (Wildman–Crippen LogP) is 5.22. The number of rotatable bonds is 7. The lowest BCUT2D eigenvalue weighted by atomic mass is 10.1. The molecular formula is C22H25N3O3. The van der Waals surface area contributed by atoms with E-state index in [1.807, 2.05) is 42.5 Å². The maximum absolute atomic E-state index is 12.4. The van der Waals surface area contributed by atoms with E-state index in [0.717, 1.165) is 47.3 Å². The topological polar surface area (TPSA) is 67.5 Å². The van der Waals surface area contributed by atoms with E-state index in [0.29, 0.717) is 6.61 Å². The highest BCUT2D eigenvalue weighted by atomic mass is 16.6. The number of amides is 1. The minimum absolute atomic E-state index is 0.167. The Morgan fingerprint density at radius 2 is 2.07 bits per heavy atom. The molecule has 1 N–H and O–H groups in total. The van der Waals surface area contributed by atoms with Crippen LogP contribution in [0.2, 0.25) is 0 Å². The number of fused-ring (bicyclic) bond motifs is 1. The molecule has 3 aromatic rings. The minimum Gasteiger partial charge on any atom is -0.490 e. The van der Waals surface area contributed by atoms with E-state index in [4.69, 9.17) is 9.47 Å². The molecule has 0 bridgehead atoms. The van der Waals surface area contributed by atoms with Gasteiger partial charge in [0.05, 0.1) is 35.2 Å². The molecule has 0 radical (unpaired) electrons. The number of nitrogens with zero attached hydrogens (tertiary/aromatic N) is 2. The molecule has 1 fully saturated rings. The summed E-state index contributed by atoms with van der Waals surface area (Å²) in [5.74, 6) is 0.861.